The van der Waals surface area contributed by atoms with Crippen LogP contribution >= 0.6 is 27.5 Å². The van der Waals surface area contributed by atoms with Gasteiger partial charge in [0.05, 0.1) is 15.1 Å². The number of nitrogens with zero attached hydrogens (tertiary/aromatic N) is 2. The summed E-state index contributed by atoms with van der Waals surface area (Å²) in [4.78, 5) is 13.3. The van der Waals surface area contributed by atoms with Gasteiger partial charge in [-0.1, -0.05) is 0 Å². The molecular formula is C7H6BrClN2O4S. The third-order valence-electron chi connectivity index (χ3n) is 1.64. The second-order valence-electron chi connectivity index (χ2n) is 2.75. The summed E-state index contributed by atoms with van der Waals surface area (Å²) in [6, 6.07) is 1.09. The molecule has 0 bridgehead atoms. The van der Waals surface area contributed by atoms with E-state index >= 15 is 0 Å². The summed E-state index contributed by atoms with van der Waals surface area (Å²) >= 11 is 8.27. The van der Waals surface area contributed by atoms with E-state index in [1.54, 1.807) is 0 Å². The molecule has 1 aromatic rings. The molecule has 0 saturated heterocycles. The van der Waals surface area contributed by atoms with Crippen LogP contribution in [0.4, 0.5) is 5.69 Å². The molecular weight excluding hydrogens is 324 g/mol. The largest absolute Gasteiger partial charge is 0.288 e. The molecule has 0 atom stereocenters. The van der Waals surface area contributed by atoms with Crippen LogP contribution in [0.25, 0.3) is 0 Å². The maximum atomic E-state index is 11.6. The maximum absolute atomic E-state index is 11.6. The first kappa shape index (κ1) is 13.3. The third kappa shape index (κ3) is 2.89. The van der Waals surface area contributed by atoms with Crippen molar-refractivity contribution in [2.75, 3.05) is 11.6 Å². The fourth-order valence-electron chi connectivity index (χ4n) is 0.942. The lowest BCUT2D eigenvalue weighted by Gasteiger charge is -2.03. The predicted molar refractivity (Wildman–Crippen MR) is 61.4 cm³/mol. The number of nitro groups is 1. The highest BCUT2D eigenvalue weighted by Crippen LogP contribution is 2.24. The van der Waals surface area contributed by atoms with Gasteiger partial charge in [-0.3, -0.25) is 10.1 Å². The van der Waals surface area contributed by atoms with Gasteiger partial charge in [0, 0.05) is 11.9 Å². The van der Waals surface area contributed by atoms with Gasteiger partial charge in [-0.05, 0) is 15.9 Å². The molecule has 1 rings (SSSR count). The number of rotatable bonds is 4. The van der Waals surface area contributed by atoms with Crippen molar-refractivity contribution >= 4 is 43.1 Å². The average molecular weight is 330 g/mol. The summed E-state index contributed by atoms with van der Waals surface area (Å²) in [6.07, 6.45) is 0.895. The Hall–Kier alpha value is -0.730. The molecule has 1 heterocycles. The van der Waals surface area contributed by atoms with Gasteiger partial charge < -0.3 is 0 Å². The van der Waals surface area contributed by atoms with Crippen LogP contribution in [0.1, 0.15) is 0 Å². The minimum absolute atomic E-state index is 0.0619. The predicted octanol–water partition coefficient (Wildman–Crippen LogP) is 1.76. The Bertz CT molecular complexity index is 519. The standard InChI is InChI=1S/C7H6BrClN2O4S/c8-6-3-5(11(12)13)4-10-7(6)16(14,15)2-1-9/h3-4H,1-2H2. The van der Waals surface area contributed by atoms with Gasteiger partial charge in [0.25, 0.3) is 5.69 Å². The van der Waals surface area contributed by atoms with Crippen LogP contribution in [0.2, 0.25) is 0 Å². The molecule has 0 radical (unpaired) electrons. The summed E-state index contributed by atoms with van der Waals surface area (Å²) in [7, 11) is -3.60. The van der Waals surface area contributed by atoms with Crippen LogP contribution < -0.4 is 0 Å². The molecule has 0 aromatic carbocycles. The second-order valence-corrected chi connectivity index (χ2v) is 6.00. The Labute approximate surface area is 105 Å². The topological polar surface area (TPSA) is 90.2 Å². The lowest BCUT2D eigenvalue weighted by Crippen LogP contribution is -2.10. The van der Waals surface area contributed by atoms with E-state index in [0.29, 0.717) is 0 Å². The Morgan fingerprint density at radius 1 is 1.56 bits per heavy atom. The van der Waals surface area contributed by atoms with E-state index in [9.17, 15) is 18.5 Å². The minimum atomic E-state index is -3.60. The number of aromatic nitrogens is 1. The number of sulfone groups is 1. The van der Waals surface area contributed by atoms with Crippen molar-refractivity contribution in [3.8, 4) is 0 Å². The van der Waals surface area contributed by atoms with Crippen LogP contribution in [-0.2, 0) is 9.84 Å². The first-order valence-corrected chi connectivity index (χ1v) is 6.95. The molecule has 0 N–H and O–H groups in total. The van der Waals surface area contributed by atoms with E-state index in [2.05, 4.69) is 20.9 Å². The van der Waals surface area contributed by atoms with Crippen molar-refractivity contribution in [2.45, 2.75) is 5.03 Å². The average Bonchev–Trinajstić information content (AvgIpc) is 2.16. The summed E-state index contributed by atoms with van der Waals surface area (Å²) in [5.41, 5.74) is -0.281. The molecule has 0 spiro atoms. The van der Waals surface area contributed by atoms with E-state index in [4.69, 9.17) is 11.6 Å². The molecule has 0 amide bonds. The molecule has 0 fully saturated rings. The molecule has 0 aliphatic rings. The van der Waals surface area contributed by atoms with Crippen LogP contribution in [0.3, 0.4) is 0 Å². The van der Waals surface area contributed by atoms with E-state index in [0.717, 1.165) is 12.3 Å². The molecule has 0 aliphatic heterocycles. The molecule has 1 aromatic heterocycles. The maximum Gasteiger partial charge on any atom is 0.288 e. The van der Waals surface area contributed by atoms with E-state index in [1.165, 1.54) is 0 Å². The van der Waals surface area contributed by atoms with Gasteiger partial charge in [-0.2, -0.15) is 0 Å². The molecule has 0 saturated carbocycles. The zero-order valence-corrected chi connectivity index (χ0v) is 10.9. The highest BCUT2D eigenvalue weighted by molar-refractivity contribution is 9.10. The van der Waals surface area contributed by atoms with Gasteiger partial charge in [0.1, 0.15) is 6.20 Å². The van der Waals surface area contributed by atoms with Crippen molar-refractivity contribution < 1.29 is 13.3 Å². The highest BCUT2D eigenvalue weighted by atomic mass is 79.9. The van der Waals surface area contributed by atoms with Crippen molar-refractivity contribution in [3.05, 3.63) is 26.9 Å². The smallest absolute Gasteiger partial charge is 0.258 e. The number of halogens is 2. The fourth-order valence-corrected chi connectivity index (χ4v) is 3.59. The van der Waals surface area contributed by atoms with E-state index in [-0.39, 0.29) is 26.8 Å². The van der Waals surface area contributed by atoms with Gasteiger partial charge in [-0.25, -0.2) is 13.4 Å². The van der Waals surface area contributed by atoms with Crippen molar-refractivity contribution in [2.24, 2.45) is 0 Å². The molecule has 0 aliphatic carbocycles. The SMILES string of the molecule is O=[N+]([O-])c1cnc(S(=O)(=O)CCCl)c(Br)c1. The zero-order valence-electron chi connectivity index (χ0n) is 7.76. The Kier molecular flexibility index (Phi) is 4.22. The summed E-state index contributed by atoms with van der Waals surface area (Å²) in [5, 5.41) is 10.2. The first-order valence-electron chi connectivity index (χ1n) is 3.97. The molecule has 16 heavy (non-hydrogen) atoms. The lowest BCUT2D eigenvalue weighted by molar-refractivity contribution is -0.385. The van der Waals surface area contributed by atoms with Crippen LogP contribution in [0.5, 0.6) is 0 Å². The Balaban J connectivity index is 3.23. The van der Waals surface area contributed by atoms with Gasteiger partial charge >= 0.3 is 0 Å². The van der Waals surface area contributed by atoms with Crippen LogP contribution in [-0.4, -0.2) is 30.0 Å². The zero-order chi connectivity index (χ0) is 12.3. The minimum Gasteiger partial charge on any atom is -0.258 e. The highest BCUT2D eigenvalue weighted by Gasteiger charge is 2.21. The Morgan fingerprint density at radius 3 is 2.62 bits per heavy atom. The van der Waals surface area contributed by atoms with Crippen LogP contribution in [0, 0.1) is 10.1 Å². The van der Waals surface area contributed by atoms with E-state index < -0.39 is 14.8 Å². The van der Waals surface area contributed by atoms with Gasteiger partial charge in [0.2, 0.25) is 0 Å². The lowest BCUT2D eigenvalue weighted by atomic mass is 10.4. The summed E-state index contributed by atoms with van der Waals surface area (Å²) < 4.78 is 23.2. The molecule has 9 heteroatoms. The number of alkyl halides is 1. The molecule has 88 valence electrons. The monoisotopic (exact) mass is 328 g/mol. The summed E-state index contributed by atoms with van der Waals surface area (Å²) in [5.74, 6) is -0.328. The number of hydrogen-bond donors (Lipinski definition) is 0. The normalized spacial score (nSPS) is 11.4. The number of pyridine rings is 1. The molecule has 0 unspecified atom stereocenters. The Morgan fingerprint density at radius 2 is 2.19 bits per heavy atom. The quantitative estimate of drug-likeness (QED) is 0.477. The van der Waals surface area contributed by atoms with Crippen LogP contribution in [0.15, 0.2) is 21.8 Å². The van der Waals surface area contributed by atoms with Crippen molar-refractivity contribution in [1.29, 1.82) is 0 Å². The third-order valence-corrected chi connectivity index (χ3v) is 4.58. The summed E-state index contributed by atoms with van der Waals surface area (Å²) in [6.45, 7) is 0. The van der Waals surface area contributed by atoms with Gasteiger partial charge in [-0.15, -0.1) is 11.6 Å². The number of hydrogen-bond acceptors (Lipinski definition) is 5. The molecule has 6 nitrogen and oxygen atoms in total. The first-order chi connectivity index (χ1) is 7.38. The van der Waals surface area contributed by atoms with Gasteiger partial charge in [0.15, 0.2) is 14.9 Å². The van der Waals surface area contributed by atoms with Crippen molar-refractivity contribution in [1.82, 2.24) is 4.98 Å². The van der Waals surface area contributed by atoms with Crippen molar-refractivity contribution in [3.63, 3.8) is 0 Å². The fraction of sp³-hybridized carbons (Fsp3) is 0.286. The second kappa shape index (κ2) is 5.07. The van der Waals surface area contributed by atoms with E-state index in [1.807, 2.05) is 0 Å².